The van der Waals surface area contributed by atoms with Crippen LogP contribution in [-0.4, -0.2) is 20.1 Å². The molecule has 3 heteroatoms. The Hall–Kier alpha value is -1.09. The van der Waals surface area contributed by atoms with E-state index in [-0.39, 0.29) is 5.82 Å². The molecule has 0 spiro atoms. The number of hydrogen-bond donors (Lipinski definition) is 1. The van der Waals surface area contributed by atoms with Gasteiger partial charge in [-0.05, 0) is 50.4 Å². The maximum atomic E-state index is 14.0. The van der Waals surface area contributed by atoms with Gasteiger partial charge in [-0.25, -0.2) is 4.39 Å². The van der Waals surface area contributed by atoms with E-state index in [2.05, 4.69) is 17.1 Å². The van der Waals surface area contributed by atoms with Crippen molar-refractivity contribution in [1.82, 2.24) is 5.32 Å². The third kappa shape index (κ3) is 3.19. The molecular weight excluding hydrogens is 215 g/mol. The van der Waals surface area contributed by atoms with Gasteiger partial charge in [0, 0.05) is 19.6 Å². The molecule has 17 heavy (non-hydrogen) atoms. The largest absolute Gasteiger partial charge is 0.369 e. The minimum absolute atomic E-state index is 0.0970. The predicted molar refractivity (Wildman–Crippen MR) is 69.8 cm³/mol. The van der Waals surface area contributed by atoms with Gasteiger partial charge in [0.05, 0.1) is 5.69 Å². The average molecular weight is 236 g/mol. The number of benzene rings is 1. The van der Waals surface area contributed by atoms with Crippen molar-refractivity contribution in [1.29, 1.82) is 0 Å². The summed E-state index contributed by atoms with van der Waals surface area (Å²) >= 11 is 0. The van der Waals surface area contributed by atoms with Crippen LogP contribution in [0.2, 0.25) is 0 Å². The Morgan fingerprint density at radius 1 is 1.41 bits per heavy atom. The fourth-order valence-electron chi connectivity index (χ4n) is 2.13. The maximum absolute atomic E-state index is 14.0. The first-order valence-electron chi connectivity index (χ1n) is 6.42. The Morgan fingerprint density at radius 3 is 2.71 bits per heavy atom. The van der Waals surface area contributed by atoms with Gasteiger partial charge in [0.2, 0.25) is 0 Å². The van der Waals surface area contributed by atoms with E-state index in [9.17, 15) is 4.39 Å². The molecule has 2 rings (SSSR count). The van der Waals surface area contributed by atoms with Gasteiger partial charge in [0.15, 0.2) is 0 Å². The van der Waals surface area contributed by atoms with Gasteiger partial charge < -0.3 is 10.2 Å². The van der Waals surface area contributed by atoms with Crippen molar-refractivity contribution in [2.45, 2.75) is 26.3 Å². The lowest BCUT2D eigenvalue weighted by Gasteiger charge is -2.23. The van der Waals surface area contributed by atoms with Crippen molar-refractivity contribution in [2.75, 3.05) is 25.0 Å². The standard InChI is InChI=1S/C14H21FN2/c1-3-17(10-11-4-5-11)14-7-6-12(9-16-2)8-13(14)15/h6-8,11,16H,3-5,9-10H2,1-2H3. The van der Waals surface area contributed by atoms with Crippen LogP contribution in [0.25, 0.3) is 0 Å². The zero-order valence-corrected chi connectivity index (χ0v) is 10.7. The van der Waals surface area contributed by atoms with Gasteiger partial charge in [0.1, 0.15) is 5.82 Å². The number of anilines is 1. The molecule has 0 atom stereocenters. The first-order valence-corrected chi connectivity index (χ1v) is 6.42. The lowest BCUT2D eigenvalue weighted by atomic mass is 10.1. The topological polar surface area (TPSA) is 15.3 Å². The highest BCUT2D eigenvalue weighted by atomic mass is 19.1. The van der Waals surface area contributed by atoms with Crippen LogP contribution in [0.4, 0.5) is 10.1 Å². The van der Waals surface area contributed by atoms with E-state index in [1.807, 2.05) is 19.2 Å². The third-order valence-electron chi connectivity index (χ3n) is 3.29. The molecule has 1 aromatic rings. The van der Waals surface area contributed by atoms with Gasteiger partial charge in [-0.1, -0.05) is 6.07 Å². The molecule has 2 nitrogen and oxygen atoms in total. The highest BCUT2D eigenvalue weighted by molar-refractivity contribution is 5.49. The summed E-state index contributed by atoms with van der Waals surface area (Å²) in [7, 11) is 1.87. The van der Waals surface area contributed by atoms with Crippen molar-refractivity contribution in [2.24, 2.45) is 5.92 Å². The van der Waals surface area contributed by atoms with Crippen molar-refractivity contribution in [3.63, 3.8) is 0 Å². The summed E-state index contributed by atoms with van der Waals surface area (Å²) in [6, 6.07) is 5.56. The minimum atomic E-state index is -0.0970. The van der Waals surface area contributed by atoms with Crippen LogP contribution < -0.4 is 10.2 Å². The zero-order valence-electron chi connectivity index (χ0n) is 10.7. The van der Waals surface area contributed by atoms with E-state index < -0.39 is 0 Å². The fourth-order valence-corrected chi connectivity index (χ4v) is 2.13. The molecule has 1 aliphatic carbocycles. The average Bonchev–Trinajstić information content (AvgIpc) is 3.11. The molecule has 0 aliphatic heterocycles. The van der Waals surface area contributed by atoms with E-state index in [1.165, 1.54) is 12.8 Å². The van der Waals surface area contributed by atoms with Gasteiger partial charge in [-0.15, -0.1) is 0 Å². The van der Waals surface area contributed by atoms with E-state index in [0.29, 0.717) is 6.54 Å². The van der Waals surface area contributed by atoms with Crippen molar-refractivity contribution in [3.05, 3.63) is 29.6 Å². The fraction of sp³-hybridized carbons (Fsp3) is 0.571. The van der Waals surface area contributed by atoms with Crippen molar-refractivity contribution >= 4 is 5.69 Å². The molecule has 0 unspecified atom stereocenters. The van der Waals surface area contributed by atoms with Gasteiger partial charge >= 0.3 is 0 Å². The normalized spacial score (nSPS) is 15.0. The van der Waals surface area contributed by atoms with Gasteiger partial charge in [0.25, 0.3) is 0 Å². The molecule has 0 heterocycles. The Bertz CT molecular complexity index is 374. The summed E-state index contributed by atoms with van der Waals surface area (Å²) < 4.78 is 14.0. The summed E-state index contributed by atoms with van der Waals surface area (Å²) in [5.41, 5.74) is 1.75. The molecule has 94 valence electrons. The second-order valence-corrected chi connectivity index (χ2v) is 4.80. The van der Waals surface area contributed by atoms with Crippen LogP contribution in [-0.2, 0) is 6.54 Å². The molecule has 0 bridgehead atoms. The minimum Gasteiger partial charge on any atom is -0.369 e. The Labute approximate surface area is 103 Å². The molecule has 1 fully saturated rings. The van der Waals surface area contributed by atoms with Crippen LogP contribution in [0.15, 0.2) is 18.2 Å². The smallest absolute Gasteiger partial charge is 0.146 e. The summed E-state index contributed by atoms with van der Waals surface area (Å²) in [5.74, 6) is 0.687. The van der Waals surface area contributed by atoms with Crippen molar-refractivity contribution < 1.29 is 4.39 Å². The highest BCUT2D eigenvalue weighted by Gasteiger charge is 2.24. The molecule has 1 N–H and O–H groups in total. The van der Waals surface area contributed by atoms with Gasteiger partial charge in [-0.3, -0.25) is 0 Å². The maximum Gasteiger partial charge on any atom is 0.146 e. The lowest BCUT2D eigenvalue weighted by Crippen LogP contribution is -2.26. The zero-order chi connectivity index (χ0) is 12.3. The Morgan fingerprint density at radius 2 is 2.18 bits per heavy atom. The summed E-state index contributed by atoms with van der Waals surface area (Å²) in [6.45, 7) is 4.67. The molecule has 0 radical (unpaired) electrons. The molecular formula is C14H21FN2. The Balaban J connectivity index is 2.12. The van der Waals surface area contributed by atoms with Crippen molar-refractivity contribution in [3.8, 4) is 0 Å². The monoisotopic (exact) mass is 236 g/mol. The third-order valence-corrected chi connectivity index (χ3v) is 3.29. The summed E-state index contributed by atoms with van der Waals surface area (Å²) in [4.78, 5) is 2.15. The van der Waals surface area contributed by atoms with Crippen LogP contribution >= 0.6 is 0 Å². The summed E-state index contributed by atoms with van der Waals surface area (Å²) in [5, 5.41) is 3.04. The highest BCUT2D eigenvalue weighted by Crippen LogP contribution is 2.32. The van der Waals surface area contributed by atoms with Crippen LogP contribution in [0, 0.1) is 11.7 Å². The van der Waals surface area contributed by atoms with Crippen LogP contribution in [0.3, 0.4) is 0 Å². The van der Waals surface area contributed by atoms with Gasteiger partial charge in [-0.2, -0.15) is 0 Å². The molecule has 1 aliphatic rings. The van der Waals surface area contributed by atoms with E-state index >= 15 is 0 Å². The number of rotatable bonds is 6. The van der Waals surface area contributed by atoms with E-state index in [4.69, 9.17) is 0 Å². The number of nitrogens with zero attached hydrogens (tertiary/aromatic N) is 1. The SMILES string of the molecule is CCN(CC1CC1)c1ccc(CNC)cc1F. The van der Waals surface area contributed by atoms with E-state index in [0.717, 1.165) is 30.3 Å². The summed E-state index contributed by atoms with van der Waals surface area (Å²) in [6.07, 6.45) is 2.60. The second-order valence-electron chi connectivity index (χ2n) is 4.80. The quantitative estimate of drug-likeness (QED) is 0.817. The van der Waals surface area contributed by atoms with Crippen LogP contribution in [0.1, 0.15) is 25.3 Å². The van der Waals surface area contributed by atoms with Crippen LogP contribution in [0.5, 0.6) is 0 Å². The Kier molecular flexibility index (Phi) is 4.00. The molecule has 0 aromatic heterocycles. The molecule has 0 saturated heterocycles. The lowest BCUT2D eigenvalue weighted by molar-refractivity contribution is 0.610. The van der Waals surface area contributed by atoms with E-state index in [1.54, 1.807) is 6.07 Å². The molecule has 1 aromatic carbocycles. The molecule has 0 amide bonds. The number of halogens is 1. The number of nitrogens with one attached hydrogen (secondary N) is 1. The molecule has 1 saturated carbocycles. The first-order chi connectivity index (χ1) is 8.24. The first kappa shape index (κ1) is 12.4. The number of hydrogen-bond acceptors (Lipinski definition) is 2. The predicted octanol–water partition coefficient (Wildman–Crippen LogP) is 2.78. The second kappa shape index (κ2) is 5.50.